The zero-order chi connectivity index (χ0) is 28.6. The molecule has 0 bridgehead atoms. The molecule has 2 heterocycles. The second kappa shape index (κ2) is 13.2. The minimum atomic E-state index is -1.20. The number of para-hydroxylation sites is 1. The van der Waals surface area contributed by atoms with Crippen molar-refractivity contribution in [1.29, 1.82) is 0 Å². The van der Waals surface area contributed by atoms with E-state index in [0.29, 0.717) is 5.69 Å². The number of unbranched alkanes of at least 4 members (excludes halogenated alkanes) is 5. The Hall–Kier alpha value is -4.54. The lowest BCUT2D eigenvalue weighted by atomic mass is 10.0. The molecule has 1 aliphatic rings. The molecule has 1 aromatic heterocycles. The van der Waals surface area contributed by atoms with Gasteiger partial charge in [-0.3, -0.25) is 9.89 Å². The maximum atomic E-state index is 13.0. The van der Waals surface area contributed by atoms with Crippen LogP contribution in [-0.4, -0.2) is 27.4 Å². The molecule has 6 nitrogen and oxygen atoms in total. The van der Waals surface area contributed by atoms with Crippen LogP contribution >= 0.6 is 0 Å². The summed E-state index contributed by atoms with van der Waals surface area (Å²) in [6, 6.07) is 24.2. The van der Waals surface area contributed by atoms with Crippen molar-refractivity contribution in [2.75, 3.05) is 11.4 Å². The first-order valence-corrected chi connectivity index (χ1v) is 14.6. The van der Waals surface area contributed by atoms with Crippen molar-refractivity contribution in [2.24, 2.45) is 0 Å². The summed E-state index contributed by atoms with van der Waals surface area (Å²) in [6.45, 7) is 3.19. The smallest absolute Gasteiger partial charge is 0.354 e. The Morgan fingerprint density at radius 1 is 0.927 bits per heavy atom. The van der Waals surface area contributed by atoms with E-state index in [0.717, 1.165) is 24.9 Å². The van der Waals surface area contributed by atoms with Crippen LogP contribution in [0.25, 0.3) is 17.8 Å². The van der Waals surface area contributed by atoms with Crippen LogP contribution in [-0.2, 0) is 12.8 Å². The highest BCUT2D eigenvalue weighted by Gasteiger charge is 2.21. The second-order valence-electron chi connectivity index (χ2n) is 10.6. The van der Waals surface area contributed by atoms with Crippen LogP contribution in [0.4, 0.5) is 11.4 Å². The molecule has 0 saturated carbocycles. The number of benzene rings is 3. The van der Waals surface area contributed by atoms with Crippen molar-refractivity contribution in [1.82, 2.24) is 9.78 Å². The van der Waals surface area contributed by atoms with Gasteiger partial charge in [0.2, 0.25) is 0 Å². The Balaban J connectivity index is 1.27. The largest absolute Gasteiger partial charge is 0.477 e. The number of nitrogens with zero attached hydrogens (tertiary/aromatic N) is 2. The number of anilines is 2. The van der Waals surface area contributed by atoms with Crippen molar-refractivity contribution < 1.29 is 9.90 Å². The van der Waals surface area contributed by atoms with Gasteiger partial charge in [0.1, 0.15) is 0 Å². The van der Waals surface area contributed by atoms with E-state index in [4.69, 9.17) is 0 Å². The lowest BCUT2D eigenvalue weighted by Gasteiger charge is -2.20. The molecule has 2 N–H and O–H groups in total. The van der Waals surface area contributed by atoms with E-state index in [2.05, 4.69) is 59.1 Å². The van der Waals surface area contributed by atoms with Gasteiger partial charge in [-0.05, 0) is 84.5 Å². The van der Waals surface area contributed by atoms with Crippen LogP contribution in [0.2, 0.25) is 0 Å². The van der Waals surface area contributed by atoms with Crippen LogP contribution in [0, 0.1) is 0 Å². The molecular weight excluding hydrogens is 510 g/mol. The van der Waals surface area contributed by atoms with Gasteiger partial charge >= 0.3 is 5.97 Å². The summed E-state index contributed by atoms with van der Waals surface area (Å²) in [5, 5.41) is 12.3. The normalized spacial score (nSPS) is 12.2. The maximum Gasteiger partial charge on any atom is 0.354 e. The van der Waals surface area contributed by atoms with Crippen LogP contribution in [0.1, 0.15) is 78.2 Å². The summed E-state index contributed by atoms with van der Waals surface area (Å²) < 4.78 is 1.24. The van der Waals surface area contributed by atoms with Gasteiger partial charge < -0.3 is 10.0 Å². The molecule has 41 heavy (non-hydrogen) atoms. The molecule has 0 saturated heterocycles. The van der Waals surface area contributed by atoms with Gasteiger partial charge in [0.25, 0.3) is 5.56 Å². The van der Waals surface area contributed by atoms with Crippen molar-refractivity contribution >= 4 is 29.5 Å². The minimum absolute atomic E-state index is 0.0601. The molecule has 0 fully saturated rings. The van der Waals surface area contributed by atoms with E-state index in [1.54, 1.807) is 30.3 Å². The predicted octanol–water partition coefficient (Wildman–Crippen LogP) is 7.79. The quantitative estimate of drug-likeness (QED) is 0.140. The molecule has 0 atom stereocenters. The highest BCUT2D eigenvalue weighted by molar-refractivity contribution is 5.90. The second-order valence-corrected chi connectivity index (χ2v) is 10.6. The van der Waals surface area contributed by atoms with Crippen LogP contribution < -0.4 is 10.5 Å². The zero-order valence-corrected chi connectivity index (χ0v) is 23.6. The highest BCUT2D eigenvalue weighted by Crippen LogP contribution is 2.35. The molecule has 210 valence electrons. The van der Waals surface area contributed by atoms with Crippen molar-refractivity contribution in [3.8, 4) is 5.69 Å². The van der Waals surface area contributed by atoms with Gasteiger partial charge in [0.15, 0.2) is 5.69 Å². The Morgan fingerprint density at radius 3 is 2.44 bits per heavy atom. The summed E-state index contributed by atoms with van der Waals surface area (Å²) in [6.07, 6.45) is 13.2. The number of H-pyrrole nitrogens is 1. The Bertz CT molecular complexity index is 1610. The fourth-order valence-electron chi connectivity index (χ4n) is 5.46. The standard InChI is InChI=1S/C35H37N3O3/c1-2-3-4-5-6-8-12-26-17-20-29(21-18-26)37-24-23-28-25-27(19-22-32(28)37)13-11-16-31-33(35(40)41)36-38(34(31)39)30-14-9-7-10-15-30/h7,9-10,13-22,25,36H,2-6,8,12,23-24H2,1H3,(H,40,41). The van der Waals surface area contributed by atoms with Gasteiger partial charge in [-0.25, -0.2) is 9.48 Å². The van der Waals surface area contributed by atoms with E-state index in [1.165, 1.54) is 71.8 Å². The monoisotopic (exact) mass is 547 g/mol. The summed E-state index contributed by atoms with van der Waals surface area (Å²) in [5.74, 6) is -1.20. The molecule has 0 radical (unpaired) electrons. The van der Waals surface area contributed by atoms with Crippen LogP contribution in [0.5, 0.6) is 0 Å². The van der Waals surface area contributed by atoms with Crippen LogP contribution in [0.3, 0.4) is 0 Å². The van der Waals surface area contributed by atoms with Gasteiger partial charge in [0.05, 0.1) is 11.3 Å². The average molecular weight is 548 g/mol. The first-order chi connectivity index (χ1) is 20.0. The SMILES string of the molecule is CCCCCCCCc1ccc(N2CCc3cc(C=C=Cc4c(C(=O)O)[nH]n(-c5ccccc5)c4=O)ccc32)cc1. The number of carboxylic acids is 1. The first kappa shape index (κ1) is 28.0. The van der Waals surface area contributed by atoms with Crippen molar-refractivity contribution in [2.45, 2.75) is 58.3 Å². The average Bonchev–Trinajstić information content (AvgIpc) is 3.56. The number of hydrogen-bond acceptors (Lipinski definition) is 3. The number of aromatic nitrogens is 2. The Labute approximate surface area is 241 Å². The molecule has 0 spiro atoms. The molecule has 1 aliphatic heterocycles. The number of rotatable bonds is 12. The molecular formula is C35H37N3O3. The summed E-state index contributed by atoms with van der Waals surface area (Å²) in [5.41, 5.74) is 9.09. The number of aromatic carboxylic acids is 1. The van der Waals surface area contributed by atoms with Crippen LogP contribution in [0.15, 0.2) is 83.3 Å². The lowest BCUT2D eigenvalue weighted by Crippen LogP contribution is -2.15. The maximum absolute atomic E-state index is 13.0. The lowest BCUT2D eigenvalue weighted by molar-refractivity contribution is 0.0689. The molecule has 0 unspecified atom stereocenters. The third-order valence-corrected chi connectivity index (χ3v) is 7.70. The van der Waals surface area contributed by atoms with E-state index in [1.807, 2.05) is 12.1 Å². The van der Waals surface area contributed by atoms with E-state index in [9.17, 15) is 14.7 Å². The molecule has 4 aromatic rings. The fraction of sp³-hybridized carbons (Fsp3) is 0.286. The molecule has 0 aliphatic carbocycles. The molecule has 6 heteroatoms. The van der Waals surface area contributed by atoms with E-state index >= 15 is 0 Å². The number of hydrogen-bond donors (Lipinski definition) is 2. The first-order valence-electron chi connectivity index (χ1n) is 14.6. The third-order valence-electron chi connectivity index (χ3n) is 7.70. The summed E-state index contributed by atoms with van der Waals surface area (Å²) in [7, 11) is 0. The minimum Gasteiger partial charge on any atom is -0.477 e. The van der Waals surface area contributed by atoms with E-state index in [-0.39, 0.29) is 11.3 Å². The van der Waals surface area contributed by atoms with Gasteiger partial charge in [-0.2, -0.15) is 0 Å². The molecule has 0 amide bonds. The predicted molar refractivity (Wildman–Crippen MR) is 166 cm³/mol. The number of fused-ring (bicyclic) bond motifs is 1. The van der Waals surface area contributed by atoms with Crippen molar-refractivity contribution in [3.05, 3.63) is 117 Å². The highest BCUT2D eigenvalue weighted by atomic mass is 16.4. The molecule has 3 aromatic carbocycles. The van der Waals surface area contributed by atoms with Crippen molar-refractivity contribution in [3.63, 3.8) is 0 Å². The van der Waals surface area contributed by atoms with Gasteiger partial charge in [-0.15, -0.1) is 5.73 Å². The topological polar surface area (TPSA) is 78.3 Å². The number of carboxylic acid groups (broad SMARTS) is 1. The zero-order valence-electron chi connectivity index (χ0n) is 23.6. The Kier molecular flexibility index (Phi) is 9.02. The van der Waals surface area contributed by atoms with Gasteiger partial charge in [0, 0.05) is 17.9 Å². The Morgan fingerprint density at radius 2 is 1.68 bits per heavy atom. The fourth-order valence-corrected chi connectivity index (χ4v) is 5.46. The summed E-state index contributed by atoms with van der Waals surface area (Å²) in [4.78, 5) is 27.1. The molecule has 5 rings (SSSR count). The number of aromatic amines is 1. The number of aryl methyl sites for hydroxylation is 1. The van der Waals surface area contributed by atoms with Gasteiger partial charge in [-0.1, -0.05) is 75.4 Å². The third kappa shape index (κ3) is 6.62. The number of nitrogens with one attached hydrogen (secondary N) is 1. The summed E-state index contributed by atoms with van der Waals surface area (Å²) >= 11 is 0. The number of carbonyl (C=O) groups is 1. The van der Waals surface area contributed by atoms with E-state index < -0.39 is 11.5 Å².